The molecule has 0 heterocycles. The highest BCUT2D eigenvalue weighted by Gasteiger charge is 2.38. The minimum Gasteiger partial charge on any atom is -0.481 e. The van der Waals surface area contributed by atoms with Crippen molar-refractivity contribution in [2.75, 3.05) is 13.2 Å². The second-order valence-corrected chi connectivity index (χ2v) is 23.8. The van der Waals surface area contributed by atoms with Gasteiger partial charge in [0, 0.05) is 13.2 Å². The van der Waals surface area contributed by atoms with Crippen molar-refractivity contribution >= 4 is 28.7 Å². The summed E-state index contributed by atoms with van der Waals surface area (Å²) in [5.74, 6) is -2.81. The van der Waals surface area contributed by atoms with Crippen molar-refractivity contribution in [2.24, 2.45) is 5.92 Å². The van der Waals surface area contributed by atoms with Crippen LogP contribution in [-0.2, 0) is 18.4 Å². The Balaban J connectivity index is 5.43. The Kier molecular flexibility index (Phi) is 13.9. The van der Waals surface area contributed by atoms with E-state index in [-0.39, 0.29) is 22.9 Å². The molecule has 0 aliphatic rings. The zero-order chi connectivity index (χ0) is 30.2. The van der Waals surface area contributed by atoms with Gasteiger partial charge in [-0.05, 0) is 88.8 Å². The lowest BCUT2D eigenvalue weighted by Gasteiger charge is -2.36. The molecule has 0 saturated heterocycles. The number of hydrogen-bond donors (Lipinski definition) is 2. The molecular formula is C28H56FNO6Si2. The molecule has 0 fully saturated rings. The normalized spacial score (nSPS) is 15.7. The number of halogens is 1. The quantitative estimate of drug-likeness (QED) is 0.160. The third kappa shape index (κ3) is 13.7. The molecule has 0 rings (SSSR count). The Labute approximate surface area is 233 Å². The molecule has 0 unspecified atom stereocenters. The molecule has 0 aromatic heterocycles. The molecule has 0 aromatic carbocycles. The van der Waals surface area contributed by atoms with Crippen LogP contribution < -0.4 is 5.32 Å². The number of amides is 1. The van der Waals surface area contributed by atoms with Crippen LogP contribution in [0, 0.1) is 5.92 Å². The van der Waals surface area contributed by atoms with Gasteiger partial charge in [-0.2, -0.15) is 0 Å². The van der Waals surface area contributed by atoms with Crippen molar-refractivity contribution in [1.82, 2.24) is 5.32 Å². The topological polar surface area (TPSA) is 94.1 Å². The molecule has 38 heavy (non-hydrogen) atoms. The fourth-order valence-electron chi connectivity index (χ4n) is 2.99. The van der Waals surface area contributed by atoms with E-state index in [2.05, 4.69) is 73.0 Å². The zero-order valence-electron chi connectivity index (χ0n) is 26.3. The van der Waals surface area contributed by atoms with Crippen LogP contribution in [0.15, 0.2) is 11.9 Å². The van der Waals surface area contributed by atoms with E-state index < -0.39 is 52.1 Å². The highest BCUT2D eigenvalue weighted by molar-refractivity contribution is 6.74. The van der Waals surface area contributed by atoms with Gasteiger partial charge in [-0.3, -0.25) is 4.79 Å². The molecule has 2 atom stereocenters. The molecule has 0 radical (unpaired) electrons. The van der Waals surface area contributed by atoms with Crippen LogP contribution in [0.2, 0.25) is 36.3 Å². The minimum absolute atomic E-state index is 0.0509. The molecule has 0 saturated carbocycles. The van der Waals surface area contributed by atoms with Gasteiger partial charge in [-0.25, -0.2) is 9.18 Å². The van der Waals surface area contributed by atoms with E-state index in [0.717, 1.165) is 6.08 Å². The van der Waals surface area contributed by atoms with E-state index in [1.54, 1.807) is 20.8 Å². The van der Waals surface area contributed by atoms with Crippen LogP contribution in [0.25, 0.3) is 0 Å². The number of alkyl carbamates (subject to hydrolysis) is 1. The lowest BCUT2D eigenvalue weighted by molar-refractivity contribution is -0.140. The Bertz CT molecular complexity index is 795. The molecule has 1 amide bonds. The molecule has 0 aromatic rings. The molecular weight excluding hydrogens is 521 g/mol. The van der Waals surface area contributed by atoms with Gasteiger partial charge in [0.05, 0.1) is 12.0 Å². The number of carboxylic acid groups (broad SMARTS) is 1. The average molecular weight is 578 g/mol. The first-order chi connectivity index (χ1) is 16.9. The Morgan fingerprint density at radius 2 is 1.26 bits per heavy atom. The first kappa shape index (κ1) is 36.8. The van der Waals surface area contributed by atoms with Crippen LogP contribution in [0.1, 0.15) is 88.0 Å². The smallest absolute Gasteiger partial charge is 0.408 e. The average Bonchev–Trinajstić information content (AvgIpc) is 2.68. The highest BCUT2D eigenvalue weighted by atomic mass is 28.4. The summed E-state index contributed by atoms with van der Waals surface area (Å²) in [6, 6.07) is -1.00. The summed E-state index contributed by atoms with van der Waals surface area (Å²) in [6.45, 7) is 27.5. The zero-order valence-corrected chi connectivity index (χ0v) is 28.3. The SMILES string of the molecule is CC(C)(C)OC(=O)N[C@@H](CCCO[Si](C)(C)C(C)(C)C)/C(F)=C/[C@@H](CCCO[Si](C)(C)C(C)(C)C)C(=O)O. The standard InChI is InChI=1S/C28H56FNO6Si2/c1-26(2,3)36-25(33)30-23(17-15-19-35-38(12,13)28(7,8)9)22(29)20-21(24(31)32)16-14-18-34-37(10,11)27(4,5)6/h20-21,23H,14-19H2,1-13H3,(H,30,33)(H,31,32)/b22-20-/t21-,23+/m1/s1. The molecule has 0 aliphatic carbocycles. The third-order valence-electron chi connectivity index (χ3n) is 7.54. The van der Waals surface area contributed by atoms with Gasteiger partial charge in [0.1, 0.15) is 11.4 Å². The van der Waals surface area contributed by atoms with Crippen molar-refractivity contribution in [1.29, 1.82) is 0 Å². The second-order valence-electron chi connectivity index (χ2n) is 14.2. The number of ether oxygens (including phenoxy) is 1. The number of rotatable bonds is 14. The Morgan fingerprint density at radius 3 is 1.63 bits per heavy atom. The van der Waals surface area contributed by atoms with E-state index in [1.807, 2.05) is 0 Å². The van der Waals surface area contributed by atoms with Crippen LogP contribution in [0.5, 0.6) is 0 Å². The predicted molar refractivity (Wildman–Crippen MR) is 158 cm³/mol. The fourth-order valence-corrected chi connectivity index (χ4v) is 5.17. The van der Waals surface area contributed by atoms with Crippen LogP contribution >= 0.6 is 0 Å². The Hall–Kier alpha value is -1.24. The maximum absolute atomic E-state index is 15.4. The number of nitrogens with one attached hydrogen (secondary N) is 1. The van der Waals surface area contributed by atoms with Crippen molar-refractivity contribution in [3.8, 4) is 0 Å². The van der Waals surface area contributed by atoms with E-state index in [4.69, 9.17) is 13.6 Å². The number of aliphatic carboxylic acids is 1. The van der Waals surface area contributed by atoms with E-state index in [0.29, 0.717) is 26.1 Å². The first-order valence-corrected chi connectivity index (χ1v) is 19.6. The van der Waals surface area contributed by atoms with Gasteiger partial charge in [0.2, 0.25) is 0 Å². The van der Waals surface area contributed by atoms with E-state index in [1.165, 1.54) is 0 Å². The summed E-state index contributed by atoms with van der Waals surface area (Å²) in [5, 5.41) is 12.4. The number of carbonyl (C=O) groups excluding carboxylic acids is 1. The lowest BCUT2D eigenvalue weighted by atomic mass is 10.00. The highest BCUT2D eigenvalue weighted by Crippen LogP contribution is 2.37. The first-order valence-electron chi connectivity index (χ1n) is 13.8. The van der Waals surface area contributed by atoms with Gasteiger partial charge in [0.15, 0.2) is 16.6 Å². The van der Waals surface area contributed by atoms with Gasteiger partial charge in [-0.1, -0.05) is 41.5 Å². The van der Waals surface area contributed by atoms with Crippen molar-refractivity contribution in [3.05, 3.63) is 11.9 Å². The lowest BCUT2D eigenvalue weighted by Crippen LogP contribution is -2.42. The summed E-state index contributed by atoms with van der Waals surface area (Å²) >= 11 is 0. The number of carbonyl (C=O) groups is 2. The third-order valence-corrected chi connectivity index (χ3v) is 16.6. The van der Waals surface area contributed by atoms with Gasteiger partial charge in [0.25, 0.3) is 0 Å². The largest absolute Gasteiger partial charge is 0.481 e. The van der Waals surface area contributed by atoms with Crippen LogP contribution in [0.3, 0.4) is 0 Å². The number of carboxylic acids is 1. The minimum atomic E-state index is -1.96. The number of hydrogen-bond acceptors (Lipinski definition) is 5. The summed E-state index contributed by atoms with van der Waals surface area (Å²) in [6.07, 6.45) is 1.88. The fraction of sp³-hybridized carbons (Fsp3) is 0.857. The molecule has 0 spiro atoms. The maximum atomic E-state index is 15.4. The van der Waals surface area contributed by atoms with Gasteiger partial charge in [-0.15, -0.1) is 0 Å². The molecule has 0 bridgehead atoms. The maximum Gasteiger partial charge on any atom is 0.408 e. The summed E-state index contributed by atoms with van der Waals surface area (Å²) < 4.78 is 33.1. The molecule has 2 N–H and O–H groups in total. The van der Waals surface area contributed by atoms with Crippen LogP contribution in [-0.4, -0.2) is 58.7 Å². The summed E-state index contributed by atoms with van der Waals surface area (Å²) in [7, 11) is -3.90. The summed E-state index contributed by atoms with van der Waals surface area (Å²) in [5.41, 5.74) is -0.742. The van der Waals surface area contributed by atoms with Gasteiger partial charge < -0.3 is 24.0 Å². The second kappa shape index (κ2) is 14.4. The van der Waals surface area contributed by atoms with E-state index >= 15 is 4.39 Å². The summed E-state index contributed by atoms with van der Waals surface area (Å²) in [4.78, 5) is 24.3. The van der Waals surface area contributed by atoms with Crippen molar-refractivity contribution in [2.45, 2.75) is 136 Å². The van der Waals surface area contributed by atoms with Crippen molar-refractivity contribution < 1.29 is 32.7 Å². The molecule has 10 heteroatoms. The predicted octanol–water partition coefficient (Wildman–Crippen LogP) is 8.04. The molecule has 0 aliphatic heterocycles. The van der Waals surface area contributed by atoms with Crippen molar-refractivity contribution in [3.63, 3.8) is 0 Å². The van der Waals surface area contributed by atoms with E-state index in [9.17, 15) is 14.7 Å². The molecule has 224 valence electrons. The monoisotopic (exact) mass is 577 g/mol. The Morgan fingerprint density at radius 1 is 0.842 bits per heavy atom. The van der Waals surface area contributed by atoms with Gasteiger partial charge >= 0.3 is 12.1 Å². The molecule has 7 nitrogen and oxygen atoms in total. The van der Waals surface area contributed by atoms with Crippen LogP contribution in [0.4, 0.5) is 9.18 Å².